The molecule has 2 aromatic heterocycles. The van der Waals surface area contributed by atoms with Crippen molar-refractivity contribution >= 4 is 27.5 Å². The third-order valence-corrected chi connectivity index (χ3v) is 3.88. The minimum atomic E-state index is -0.852. The van der Waals surface area contributed by atoms with Gasteiger partial charge in [-0.05, 0) is 24.8 Å². The Hall–Kier alpha value is -1.36. The van der Waals surface area contributed by atoms with Crippen molar-refractivity contribution in [3.05, 3.63) is 16.6 Å². The maximum absolute atomic E-state index is 11.1. The molecule has 2 heterocycles. The quantitative estimate of drug-likeness (QED) is 0.902. The highest BCUT2D eigenvalue weighted by Gasteiger charge is 2.17. The zero-order chi connectivity index (χ0) is 13.3. The van der Waals surface area contributed by atoms with E-state index >= 15 is 0 Å². The van der Waals surface area contributed by atoms with Crippen LogP contribution in [-0.2, 0) is 13.0 Å². The van der Waals surface area contributed by atoms with Gasteiger partial charge in [0.1, 0.15) is 9.71 Å². The number of aromatic nitrogens is 2. The van der Waals surface area contributed by atoms with E-state index in [1.807, 2.05) is 4.68 Å². The molecule has 0 radical (unpaired) electrons. The number of fused-ring (bicyclic) bond motifs is 1. The van der Waals surface area contributed by atoms with Crippen LogP contribution in [0, 0.1) is 5.92 Å². The summed E-state index contributed by atoms with van der Waals surface area (Å²) in [5.41, 5.74) is 1.03. The largest absolute Gasteiger partial charge is 0.477 e. The number of thiophene rings is 1. The van der Waals surface area contributed by atoms with E-state index in [2.05, 4.69) is 25.9 Å². The molecule has 0 fully saturated rings. The normalized spacial score (nSPS) is 11.6. The first-order valence-electron chi connectivity index (χ1n) is 6.25. The van der Waals surface area contributed by atoms with E-state index in [0.29, 0.717) is 10.8 Å². The number of nitrogens with zero attached hydrogens (tertiary/aromatic N) is 2. The molecular weight excluding hydrogens is 248 g/mol. The van der Waals surface area contributed by atoms with Crippen molar-refractivity contribution in [1.29, 1.82) is 0 Å². The van der Waals surface area contributed by atoms with Crippen LogP contribution in [0.4, 0.5) is 0 Å². The van der Waals surface area contributed by atoms with E-state index in [0.717, 1.165) is 35.3 Å². The fourth-order valence-corrected chi connectivity index (χ4v) is 3.03. The summed E-state index contributed by atoms with van der Waals surface area (Å²) in [6, 6.07) is 1.76. The Kier molecular flexibility index (Phi) is 3.71. The van der Waals surface area contributed by atoms with Crippen LogP contribution in [-0.4, -0.2) is 20.9 Å². The van der Waals surface area contributed by atoms with Gasteiger partial charge < -0.3 is 5.11 Å². The summed E-state index contributed by atoms with van der Waals surface area (Å²) in [6.07, 6.45) is 1.89. The fourth-order valence-electron chi connectivity index (χ4n) is 2.03. The van der Waals surface area contributed by atoms with Crippen LogP contribution in [0.3, 0.4) is 0 Å². The molecule has 1 N–H and O–H groups in total. The molecule has 0 bridgehead atoms. The van der Waals surface area contributed by atoms with E-state index < -0.39 is 5.97 Å². The maximum Gasteiger partial charge on any atom is 0.345 e. The van der Waals surface area contributed by atoms with Crippen molar-refractivity contribution in [3.63, 3.8) is 0 Å². The highest BCUT2D eigenvalue weighted by atomic mass is 32.1. The molecule has 2 aromatic rings. The minimum Gasteiger partial charge on any atom is -0.477 e. The molecule has 0 aliphatic carbocycles. The number of hydrogen-bond donors (Lipinski definition) is 1. The number of hydrogen-bond acceptors (Lipinski definition) is 3. The van der Waals surface area contributed by atoms with Crippen molar-refractivity contribution in [3.8, 4) is 0 Å². The van der Waals surface area contributed by atoms with Gasteiger partial charge in [-0.3, -0.25) is 4.68 Å². The first-order valence-corrected chi connectivity index (χ1v) is 7.07. The Balaban J connectivity index is 2.52. The lowest BCUT2D eigenvalue weighted by Gasteiger charge is -2.01. The molecular formula is C13H18N2O2S. The van der Waals surface area contributed by atoms with Gasteiger partial charge in [-0.2, -0.15) is 5.10 Å². The van der Waals surface area contributed by atoms with Crippen LogP contribution < -0.4 is 0 Å². The molecule has 0 atom stereocenters. The first kappa shape index (κ1) is 13.1. The highest BCUT2D eigenvalue weighted by molar-refractivity contribution is 7.20. The predicted molar refractivity (Wildman–Crippen MR) is 73.4 cm³/mol. The molecule has 0 saturated heterocycles. The van der Waals surface area contributed by atoms with Gasteiger partial charge in [0.25, 0.3) is 0 Å². The highest BCUT2D eigenvalue weighted by Crippen LogP contribution is 2.30. The summed E-state index contributed by atoms with van der Waals surface area (Å²) in [5, 5.41) is 14.7. The maximum atomic E-state index is 11.1. The van der Waals surface area contributed by atoms with Crippen molar-refractivity contribution in [2.45, 2.75) is 40.2 Å². The second-order valence-corrected chi connectivity index (χ2v) is 5.93. The van der Waals surface area contributed by atoms with Crippen LogP contribution >= 0.6 is 11.3 Å². The summed E-state index contributed by atoms with van der Waals surface area (Å²) in [5.74, 6) is -0.332. The fraction of sp³-hybridized carbons (Fsp3) is 0.538. The summed E-state index contributed by atoms with van der Waals surface area (Å²) in [7, 11) is 0. The predicted octanol–water partition coefficient (Wildman–Crippen LogP) is 3.40. The van der Waals surface area contributed by atoms with E-state index in [1.165, 1.54) is 11.3 Å². The van der Waals surface area contributed by atoms with Gasteiger partial charge in [0.2, 0.25) is 0 Å². The number of aromatic carboxylic acids is 1. The number of carboxylic acids is 1. The molecule has 0 saturated carbocycles. The van der Waals surface area contributed by atoms with E-state index in [4.69, 9.17) is 5.11 Å². The van der Waals surface area contributed by atoms with Crippen LogP contribution in [0.1, 0.15) is 42.6 Å². The van der Waals surface area contributed by atoms with E-state index in [1.54, 1.807) is 6.07 Å². The van der Waals surface area contributed by atoms with Gasteiger partial charge in [-0.25, -0.2) is 4.79 Å². The average molecular weight is 266 g/mol. The lowest BCUT2D eigenvalue weighted by Crippen LogP contribution is -2.01. The van der Waals surface area contributed by atoms with Gasteiger partial charge in [0, 0.05) is 11.9 Å². The molecule has 0 aliphatic rings. The molecule has 0 spiro atoms. The Bertz CT molecular complexity index is 569. The first-order chi connectivity index (χ1) is 8.52. The van der Waals surface area contributed by atoms with Gasteiger partial charge in [-0.1, -0.05) is 20.8 Å². The van der Waals surface area contributed by atoms with Crippen LogP contribution in [0.15, 0.2) is 6.07 Å². The van der Waals surface area contributed by atoms with Crippen LogP contribution in [0.2, 0.25) is 0 Å². The second-order valence-electron chi connectivity index (χ2n) is 4.90. The number of carboxylic acid groups (broad SMARTS) is 1. The summed E-state index contributed by atoms with van der Waals surface area (Å²) in [4.78, 5) is 12.4. The van der Waals surface area contributed by atoms with Crippen molar-refractivity contribution in [2.24, 2.45) is 5.92 Å². The molecule has 0 amide bonds. The van der Waals surface area contributed by atoms with Crippen LogP contribution in [0.25, 0.3) is 10.2 Å². The van der Waals surface area contributed by atoms with Crippen molar-refractivity contribution < 1.29 is 9.90 Å². The summed E-state index contributed by atoms with van der Waals surface area (Å²) >= 11 is 1.32. The standard InChI is InChI=1S/C13H18N2O2S/c1-4-5-15-12-9(7-11(18-12)13(16)17)10(14-15)6-8(2)3/h7-8H,4-6H2,1-3H3,(H,16,17). The average Bonchev–Trinajstić information content (AvgIpc) is 2.81. The van der Waals surface area contributed by atoms with Crippen molar-refractivity contribution in [1.82, 2.24) is 9.78 Å². The zero-order valence-corrected chi connectivity index (χ0v) is 11.8. The summed E-state index contributed by atoms with van der Waals surface area (Å²) in [6.45, 7) is 7.24. The lowest BCUT2D eigenvalue weighted by molar-refractivity contribution is 0.0702. The van der Waals surface area contributed by atoms with Gasteiger partial charge in [0.05, 0.1) is 5.69 Å². The minimum absolute atomic E-state index is 0.400. The number of aryl methyl sites for hydroxylation is 1. The molecule has 98 valence electrons. The number of carbonyl (C=O) groups is 1. The summed E-state index contributed by atoms with van der Waals surface area (Å²) < 4.78 is 1.95. The number of rotatable bonds is 5. The van der Waals surface area contributed by atoms with Crippen LogP contribution in [0.5, 0.6) is 0 Å². The van der Waals surface area contributed by atoms with E-state index in [-0.39, 0.29) is 0 Å². The van der Waals surface area contributed by atoms with Gasteiger partial charge >= 0.3 is 5.97 Å². The molecule has 18 heavy (non-hydrogen) atoms. The Morgan fingerprint density at radius 1 is 1.56 bits per heavy atom. The van der Waals surface area contributed by atoms with Gasteiger partial charge in [-0.15, -0.1) is 11.3 Å². The molecule has 2 rings (SSSR count). The third kappa shape index (κ3) is 2.41. The molecule has 0 aliphatic heterocycles. The Morgan fingerprint density at radius 3 is 2.83 bits per heavy atom. The third-order valence-electron chi connectivity index (χ3n) is 2.75. The molecule has 4 nitrogen and oxygen atoms in total. The van der Waals surface area contributed by atoms with E-state index in [9.17, 15) is 4.79 Å². The van der Waals surface area contributed by atoms with Crippen molar-refractivity contribution in [2.75, 3.05) is 0 Å². The SMILES string of the molecule is CCCn1nc(CC(C)C)c2cc(C(=O)O)sc21. The monoisotopic (exact) mass is 266 g/mol. The Morgan fingerprint density at radius 2 is 2.28 bits per heavy atom. The zero-order valence-electron chi connectivity index (χ0n) is 10.9. The Labute approximate surface area is 110 Å². The lowest BCUT2D eigenvalue weighted by atomic mass is 10.1. The molecule has 0 aromatic carbocycles. The second kappa shape index (κ2) is 5.10. The molecule has 0 unspecified atom stereocenters. The molecule has 5 heteroatoms. The van der Waals surface area contributed by atoms with Gasteiger partial charge in [0.15, 0.2) is 0 Å². The smallest absolute Gasteiger partial charge is 0.345 e. The topological polar surface area (TPSA) is 55.1 Å².